The highest BCUT2D eigenvalue weighted by Crippen LogP contribution is 2.21. The van der Waals surface area contributed by atoms with E-state index in [1.807, 2.05) is 6.07 Å². The van der Waals surface area contributed by atoms with Crippen molar-refractivity contribution in [2.45, 2.75) is 11.4 Å². The number of nitriles is 1. The molecule has 0 atom stereocenters. The number of hydrogen-bond acceptors (Lipinski definition) is 4. The van der Waals surface area contributed by atoms with Gasteiger partial charge >= 0.3 is 5.97 Å². The zero-order chi connectivity index (χ0) is 10.7. The Labute approximate surface area is 86.4 Å². The Balaban J connectivity index is 3.53. The zero-order valence-corrected chi connectivity index (χ0v) is 8.08. The van der Waals surface area contributed by atoms with Crippen LogP contribution in [-0.2, 0) is 6.54 Å². The summed E-state index contributed by atoms with van der Waals surface area (Å²) < 4.78 is 0. The lowest BCUT2D eigenvalue weighted by Crippen LogP contribution is -2.10. The van der Waals surface area contributed by atoms with E-state index in [4.69, 9.17) is 16.1 Å². The summed E-state index contributed by atoms with van der Waals surface area (Å²) in [6, 6.07) is 4.88. The smallest absolute Gasteiger partial charge is 0.337 e. The third kappa shape index (κ3) is 1.71. The summed E-state index contributed by atoms with van der Waals surface area (Å²) in [6.45, 7) is 0.0128. The Morgan fingerprint density at radius 3 is 2.71 bits per heavy atom. The Morgan fingerprint density at radius 1 is 1.64 bits per heavy atom. The van der Waals surface area contributed by atoms with Crippen molar-refractivity contribution in [2.75, 3.05) is 0 Å². The lowest BCUT2D eigenvalue weighted by atomic mass is 10.0. The molecule has 0 saturated heterocycles. The molecule has 0 radical (unpaired) electrons. The summed E-state index contributed by atoms with van der Waals surface area (Å²) in [6.07, 6.45) is 0. The maximum atomic E-state index is 10.9. The fourth-order valence-corrected chi connectivity index (χ4v) is 1.50. The quantitative estimate of drug-likeness (QED) is 0.633. The molecule has 0 aliphatic heterocycles. The van der Waals surface area contributed by atoms with E-state index in [1.165, 1.54) is 12.1 Å². The second kappa shape index (κ2) is 4.13. The van der Waals surface area contributed by atoms with Gasteiger partial charge in [-0.15, -0.1) is 12.6 Å². The van der Waals surface area contributed by atoms with E-state index in [-0.39, 0.29) is 17.7 Å². The first kappa shape index (κ1) is 10.6. The molecule has 0 unspecified atom stereocenters. The monoisotopic (exact) mass is 208 g/mol. The maximum absolute atomic E-state index is 10.9. The third-order valence-electron chi connectivity index (χ3n) is 1.83. The molecule has 1 aromatic rings. The number of hydrogen-bond donors (Lipinski definition) is 3. The third-order valence-corrected chi connectivity index (χ3v) is 2.20. The minimum absolute atomic E-state index is 0.00915. The average Bonchev–Trinajstić information content (AvgIpc) is 2.16. The Morgan fingerprint density at radius 2 is 2.29 bits per heavy atom. The molecule has 0 saturated carbocycles. The first-order valence-corrected chi connectivity index (χ1v) is 4.24. The molecule has 0 spiro atoms. The minimum Gasteiger partial charge on any atom is -0.478 e. The van der Waals surface area contributed by atoms with Crippen LogP contribution >= 0.6 is 12.6 Å². The Kier molecular flexibility index (Phi) is 3.12. The van der Waals surface area contributed by atoms with Gasteiger partial charge in [0.25, 0.3) is 0 Å². The van der Waals surface area contributed by atoms with Gasteiger partial charge in [-0.1, -0.05) is 0 Å². The number of carbonyl (C=O) groups is 1. The van der Waals surface area contributed by atoms with Crippen molar-refractivity contribution in [1.29, 1.82) is 5.26 Å². The van der Waals surface area contributed by atoms with Crippen LogP contribution in [0.1, 0.15) is 21.5 Å². The van der Waals surface area contributed by atoms with E-state index in [1.54, 1.807) is 0 Å². The highest BCUT2D eigenvalue weighted by molar-refractivity contribution is 7.80. The Hall–Kier alpha value is -1.51. The van der Waals surface area contributed by atoms with Crippen molar-refractivity contribution in [2.24, 2.45) is 5.73 Å². The second-order valence-corrected chi connectivity index (χ2v) is 3.09. The lowest BCUT2D eigenvalue weighted by molar-refractivity contribution is 0.0692. The molecule has 0 aliphatic rings. The molecule has 0 aliphatic carbocycles. The molecule has 0 amide bonds. The molecule has 0 heterocycles. The predicted octanol–water partition coefficient (Wildman–Crippen LogP) is 1.00. The lowest BCUT2D eigenvalue weighted by Gasteiger charge is -2.07. The van der Waals surface area contributed by atoms with Gasteiger partial charge in [0, 0.05) is 11.4 Å². The van der Waals surface area contributed by atoms with E-state index in [9.17, 15) is 4.79 Å². The normalized spacial score (nSPS) is 9.50. The van der Waals surface area contributed by atoms with Crippen LogP contribution in [-0.4, -0.2) is 11.1 Å². The zero-order valence-electron chi connectivity index (χ0n) is 7.19. The van der Waals surface area contributed by atoms with Gasteiger partial charge in [0.05, 0.1) is 17.2 Å². The molecule has 0 aromatic heterocycles. The number of nitrogens with zero attached hydrogens (tertiary/aromatic N) is 1. The van der Waals surface area contributed by atoms with Crippen LogP contribution in [0.5, 0.6) is 0 Å². The number of aromatic carboxylic acids is 1. The second-order valence-electron chi connectivity index (χ2n) is 2.61. The van der Waals surface area contributed by atoms with E-state index >= 15 is 0 Å². The fourth-order valence-electron chi connectivity index (χ4n) is 1.19. The number of rotatable bonds is 2. The molecule has 0 fully saturated rings. The van der Waals surface area contributed by atoms with Crippen LogP contribution in [0, 0.1) is 11.3 Å². The van der Waals surface area contributed by atoms with Gasteiger partial charge in [-0.3, -0.25) is 0 Å². The molecular formula is C9H8N2O2S. The van der Waals surface area contributed by atoms with Gasteiger partial charge in [0.15, 0.2) is 0 Å². The number of carboxylic acid groups (broad SMARTS) is 1. The molecule has 72 valence electrons. The predicted molar refractivity (Wildman–Crippen MR) is 53.3 cm³/mol. The summed E-state index contributed by atoms with van der Waals surface area (Å²) in [5.74, 6) is -1.12. The van der Waals surface area contributed by atoms with Crippen LogP contribution in [0.4, 0.5) is 0 Å². The van der Waals surface area contributed by atoms with Gasteiger partial charge in [0.1, 0.15) is 0 Å². The number of nitrogens with two attached hydrogens (primary N) is 1. The van der Waals surface area contributed by atoms with Crippen LogP contribution in [0.3, 0.4) is 0 Å². The number of carboxylic acids is 1. The van der Waals surface area contributed by atoms with E-state index in [2.05, 4.69) is 12.6 Å². The molecule has 3 N–H and O–H groups in total. The first-order chi connectivity index (χ1) is 6.61. The van der Waals surface area contributed by atoms with Crippen molar-refractivity contribution in [3.63, 3.8) is 0 Å². The first-order valence-electron chi connectivity index (χ1n) is 3.80. The van der Waals surface area contributed by atoms with Gasteiger partial charge < -0.3 is 10.8 Å². The summed E-state index contributed by atoms with van der Waals surface area (Å²) >= 11 is 4.00. The average molecular weight is 208 g/mol. The van der Waals surface area contributed by atoms with Crippen LogP contribution in [0.2, 0.25) is 0 Å². The Bertz CT molecular complexity index is 424. The van der Waals surface area contributed by atoms with Crippen molar-refractivity contribution >= 4 is 18.6 Å². The molecule has 1 rings (SSSR count). The van der Waals surface area contributed by atoms with Gasteiger partial charge in [-0.25, -0.2) is 4.79 Å². The highest BCUT2D eigenvalue weighted by Gasteiger charge is 2.16. The molecule has 1 aromatic carbocycles. The summed E-state index contributed by atoms with van der Waals surface area (Å²) in [7, 11) is 0. The van der Waals surface area contributed by atoms with Gasteiger partial charge in [-0.05, 0) is 17.7 Å². The van der Waals surface area contributed by atoms with Crippen molar-refractivity contribution in [3.05, 3.63) is 28.8 Å². The number of thiol groups is 1. The van der Waals surface area contributed by atoms with E-state index < -0.39 is 5.97 Å². The van der Waals surface area contributed by atoms with E-state index in [0.717, 1.165) is 0 Å². The largest absolute Gasteiger partial charge is 0.478 e. The van der Waals surface area contributed by atoms with Crippen molar-refractivity contribution < 1.29 is 9.90 Å². The van der Waals surface area contributed by atoms with Gasteiger partial charge in [-0.2, -0.15) is 5.26 Å². The standard InChI is InChI=1S/C9H8N2O2S/c10-3-5-1-2-7(14)8(9(12)13)6(5)4-11/h1-2,14H,4,11H2,(H,12,13). The fraction of sp³-hybridized carbons (Fsp3) is 0.111. The number of benzene rings is 1. The minimum atomic E-state index is -1.12. The summed E-state index contributed by atoms with van der Waals surface area (Å²) in [5.41, 5.74) is 6.00. The van der Waals surface area contributed by atoms with Crippen molar-refractivity contribution in [1.82, 2.24) is 0 Å². The van der Waals surface area contributed by atoms with Crippen LogP contribution < -0.4 is 5.73 Å². The highest BCUT2D eigenvalue weighted by atomic mass is 32.1. The van der Waals surface area contributed by atoms with Crippen LogP contribution in [0.15, 0.2) is 17.0 Å². The molecule has 4 nitrogen and oxygen atoms in total. The molecule has 0 bridgehead atoms. The maximum Gasteiger partial charge on any atom is 0.337 e. The summed E-state index contributed by atoms with van der Waals surface area (Å²) in [4.78, 5) is 11.2. The van der Waals surface area contributed by atoms with E-state index in [0.29, 0.717) is 10.5 Å². The molecule has 14 heavy (non-hydrogen) atoms. The van der Waals surface area contributed by atoms with Crippen molar-refractivity contribution in [3.8, 4) is 6.07 Å². The van der Waals surface area contributed by atoms with Crippen LogP contribution in [0.25, 0.3) is 0 Å². The van der Waals surface area contributed by atoms with Gasteiger partial charge in [0.2, 0.25) is 0 Å². The molecule has 5 heteroatoms. The molecular weight excluding hydrogens is 200 g/mol. The topological polar surface area (TPSA) is 87.1 Å². The SMILES string of the molecule is N#Cc1ccc(S)c(C(=O)O)c1CN. The summed E-state index contributed by atoms with van der Waals surface area (Å²) in [5, 5.41) is 17.6.